The lowest BCUT2D eigenvalue weighted by molar-refractivity contribution is 0.104. The van der Waals surface area contributed by atoms with Crippen LogP contribution in [0.4, 0.5) is 5.69 Å². The molecule has 2 aromatic rings. The molecule has 0 saturated heterocycles. The highest BCUT2D eigenvalue weighted by molar-refractivity contribution is 9.10. The van der Waals surface area contributed by atoms with Gasteiger partial charge in [-0.15, -0.1) is 0 Å². The molecule has 0 spiro atoms. The molecule has 1 N–H and O–H groups in total. The van der Waals surface area contributed by atoms with Gasteiger partial charge in [-0.25, -0.2) is 0 Å². The zero-order chi connectivity index (χ0) is 14.4. The van der Waals surface area contributed by atoms with Crippen LogP contribution in [0.5, 0.6) is 0 Å². The number of carbonyl (C=O) groups is 1. The molecular weight excluding hydrogens is 314 g/mol. The predicted molar refractivity (Wildman–Crippen MR) is 87.1 cm³/mol. The van der Waals surface area contributed by atoms with Crippen molar-refractivity contribution in [3.05, 3.63) is 76.4 Å². The van der Waals surface area contributed by atoms with Crippen molar-refractivity contribution in [3.8, 4) is 0 Å². The molecule has 0 aromatic heterocycles. The fourth-order valence-electron chi connectivity index (χ4n) is 1.79. The number of ketones is 1. The summed E-state index contributed by atoms with van der Waals surface area (Å²) in [7, 11) is 0. The maximum atomic E-state index is 12.0. The van der Waals surface area contributed by atoms with Crippen LogP contribution in [0.25, 0.3) is 0 Å². The zero-order valence-corrected chi connectivity index (χ0v) is 12.9. The van der Waals surface area contributed by atoms with Gasteiger partial charge in [-0.2, -0.15) is 0 Å². The minimum atomic E-state index is -0.00449. The summed E-state index contributed by atoms with van der Waals surface area (Å²) in [5.41, 5.74) is 2.87. The standard InChI is InChI=1S/C17H16BrNO/c1-2-13-6-8-14(9-7-13)17(20)10-11-19-16-5-3-4-15(18)12-16/h3-12,19H,2H2,1H3/b11-10+. The van der Waals surface area contributed by atoms with Gasteiger partial charge in [-0.1, -0.05) is 53.2 Å². The highest BCUT2D eigenvalue weighted by Crippen LogP contribution is 2.15. The second-order valence-electron chi connectivity index (χ2n) is 4.40. The molecule has 2 nitrogen and oxygen atoms in total. The van der Waals surface area contributed by atoms with Crippen molar-refractivity contribution in [2.75, 3.05) is 5.32 Å². The van der Waals surface area contributed by atoms with Crippen LogP contribution in [0, 0.1) is 0 Å². The number of rotatable bonds is 5. The van der Waals surface area contributed by atoms with E-state index in [4.69, 9.17) is 0 Å². The van der Waals surface area contributed by atoms with Gasteiger partial charge in [0.2, 0.25) is 0 Å². The van der Waals surface area contributed by atoms with Gasteiger partial charge in [0, 0.05) is 28.0 Å². The minimum absolute atomic E-state index is 0.00449. The van der Waals surface area contributed by atoms with Crippen molar-refractivity contribution in [2.24, 2.45) is 0 Å². The molecule has 0 saturated carbocycles. The van der Waals surface area contributed by atoms with E-state index in [1.54, 1.807) is 12.3 Å². The first-order valence-corrected chi connectivity index (χ1v) is 7.30. The number of hydrogen-bond acceptors (Lipinski definition) is 2. The van der Waals surface area contributed by atoms with E-state index in [1.165, 1.54) is 5.56 Å². The van der Waals surface area contributed by atoms with Crippen molar-refractivity contribution < 1.29 is 4.79 Å². The fourth-order valence-corrected chi connectivity index (χ4v) is 2.19. The molecule has 0 aliphatic heterocycles. The van der Waals surface area contributed by atoms with Gasteiger partial charge in [0.25, 0.3) is 0 Å². The van der Waals surface area contributed by atoms with Crippen LogP contribution >= 0.6 is 15.9 Å². The van der Waals surface area contributed by atoms with Gasteiger partial charge in [0.05, 0.1) is 0 Å². The Bertz CT molecular complexity index is 617. The molecule has 0 bridgehead atoms. The first kappa shape index (κ1) is 14.5. The summed E-state index contributed by atoms with van der Waals surface area (Å²) < 4.78 is 0.998. The maximum Gasteiger partial charge on any atom is 0.187 e. The number of benzene rings is 2. The molecule has 0 aliphatic rings. The van der Waals surface area contributed by atoms with E-state index in [1.807, 2.05) is 48.5 Å². The quantitative estimate of drug-likeness (QED) is 0.629. The van der Waals surface area contributed by atoms with Crippen molar-refractivity contribution in [1.82, 2.24) is 0 Å². The summed E-state index contributed by atoms with van der Waals surface area (Å²) in [6, 6.07) is 15.5. The normalized spacial score (nSPS) is 10.7. The molecule has 20 heavy (non-hydrogen) atoms. The Balaban J connectivity index is 1.98. The second-order valence-corrected chi connectivity index (χ2v) is 5.32. The fraction of sp³-hybridized carbons (Fsp3) is 0.118. The Morgan fingerprint density at radius 3 is 2.60 bits per heavy atom. The van der Waals surface area contributed by atoms with E-state index < -0.39 is 0 Å². The molecule has 102 valence electrons. The Hall–Kier alpha value is -1.87. The smallest absolute Gasteiger partial charge is 0.187 e. The van der Waals surface area contributed by atoms with E-state index in [0.29, 0.717) is 5.56 Å². The van der Waals surface area contributed by atoms with Gasteiger partial charge >= 0.3 is 0 Å². The first-order chi connectivity index (χ1) is 9.69. The summed E-state index contributed by atoms with van der Waals surface area (Å²) in [6.07, 6.45) is 4.19. The summed E-state index contributed by atoms with van der Waals surface area (Å²) in [5, 5.41) is 3.08. The molecular formula is C17H16BrNO. The number of carbonyl (C=O) groups excluding carboxylic acids is 1. The molecule has 0 heterocycles. The number of nitrogens with one attached hydrogen (secondary N) is 1. The summed E-state index contributed by atoms with van der Waals surface area (Å²) in [5.74, 6) is -0.00449. The Morgan fingerprint density at radius 1 is 1.20 bits per heavy atom. The van der Waals surface area contributed by atoms with Crippen LogP contribution in [-0.4, -0.2) is 5.78 Å². The third-order valence-corrected chi connectivity index (χ3v) is 3.45. The maximum absolute atomic E-state index is 12.0. The molecule has 2 aromatic carbocycles. The van der Waals surface area contributed by atoms with E-state index >= 15 is 0 Å². The van der Waals surface area contributed by atoms with Crippen molar-refractivity contribution >= 4 is 27.4 Å². The Morgan fingerprint density at radius 2 is 1.95 bits per heavy atom. The van der Waals surface area contributed by atoms with Crippen LogP contribution < -0.4 is 5.32 Å². The van der Waals surface area contributed by atoms with Gasteiger partial charge in [0.15, 0.2) is 5.78 Å². The largest absolute Gasteiger partial charge is 0.362 e. The summed E-state index contributed by atoms with van der Waals surface area (Å²) in [4.78, 5) is 12.0. The molecule has 0 amide bonds. The number of aryl methyl sites for hydroxylation is 1. The van der Waals surface area contributed by atoms with Gasteiger partial charge in [0.1, 0.15) is 0 Å². The molecule has 0 radical (unpaired) electrons. The number of anilines is 1. The van der Waals surface area contributed by atoms with E-state index in [2.05, 4.69) is 28.2 Å². The monoisotopic (exact) mass is 329 g/mol. The zero-order valence-electron chi connectivity index (χ0n) is 11.3. The lowest BCUT2D eigenvalue weighted by atomic mass is 10.1. The average Bonchev–Trinajstić information content (AvgIpc) is 2.47. The highest BCUT2D eigenvalue weighted by atomic mass is 79.9. The lowest BCUT2D eigenvalue weighted by Crippen LogP contribution is -1.96. The lowest BCUT2D eigenvalue weighted by Gasteiger charge is -2.01. The third-order valence-electron chi connectivity index (χ3n) is 2.96. The van der Waals surface area contributed by atoms with Crippen LogP contribution in [0.15, 0.2) is 65.3 Å². The SMILES string of the molecule is CCc1ccc(C(=O)/C=C/Nc2cccc(Br)c2)cc1. The molecule has 0 aliphatic carbocycles. The molecule has 0 unspecified atom stereocenters. The van der Waals surface area contributed by atoms with Crippen LogP contribution in [0.2, 0.25) is 0 Å². The average molecular weight is 330 g/mol. The van der Waals surface area contributed by atoms with Crippen LogP contribution in [-0.2, 0) is 6.42 Å². The van der Waals surface area contributed by atoms with Crippen LogP contribution in [0.3, 0.4) is 0 Å². The Kier molecular flexibility index (Phi) is 5.13. The van der Waals surface area contributed by atoms with Gasteiger partial charge in [-0.3, -0.25) is 4.79 Å². The first-order valence-electron chi connectivity index (χ1n) is 6.51. The Labute approximate surface area is 127 Å². The van der Waals surface area contributed by atoms with Crippen LogP contribution in [0.1, 0.15) is 22.8 Å². The molecule has 0 atom stereocenters. The topological polar surface area (TPSA) is 29.1 Å². The number of allylic oxidation sites excluding steroid dienone is 1. The van der Waals surface area contributed by atoms with Crippen molar-refractivity contribution in [2.45, 2.75) is 13.3 Å². The number of hydrogen-bond donors (Lipinski definition) is 1. The minimum Gasteiger partial charge on any atom is -0.362 e. The number of halogens is 1. The van der Waals surface area contributed by atoms with Crippen molar-refractivity contribution in [1.29, 1.82) is 0 Å². The molecule has 3 heteroatoms. The van der Waals surface area contributed by atoms with Crippen molar-refractivity contribution in [3.63, 3.8) is 0 Å². The van der Waals surface area contributed by atoms with E-state index in [0.717, 1.165) is 16.6 Å². The molecule has 0 fully saturated rings. The third kappa shape index (κ3) is 4.07. The summed E-state index contributed by atoms with van der Waals surface area (Å²) >= 11 is 3.40. The second kappa shape index (κ2) is 7.06. The van der Waals surface area contributed by atoms with E-state index in [-0.39, 0.29) is 5.78 Å². The van der Waals surface area contributed by atoms with Gasteiger partial charge < -0.3 is 5.32 Å². The predicted octanol–water partition coefficient (Wildman–Crippen LogP) is 4.82. The highest BCUT2D eigenvalue weighted by Gasteiger charge is 2.00. The van der Waals surface area contributed by atoms with Gasteiger partial charge in [-0.05, 0) is 30.2 Å². The molecule has 2 rings (SSSR count). The van der Waals surface area contributed by atoms with E-state index in [9.17, 15) is 4.79 Å². The summed E-state index contributed by atoms with van der Waals surface area (Å²) in [6.45, 7) is 2.10.